The minimum Gasteiger partial charge on any atom is -0.493 e. The first-order valence-electron chi connectivity index (χ1n) is 8.53. The number of nitrogens with one attached hydrogen (secondary N) is 2. The molecule has 0 radical (unpaired) electrons. The molecule has 0 aliphatic carbocycles. The van der Waals surface area contributed by atoms with E-state index < -0.39 is 0 Å². The molecule has 0 bridgehead atoms. The molecule has 2 N–H and O–H groups in total. The van der Waals surface area contributed by atoms with E-state index in [1.165, 1.54) is 19.1 Å². The SMILES string of the molecule is COc1ccc(C(=O)NCC(=O)N(C)C2CC[NH+](C)CC2)cc1OC. The van der Waals surface area contributed by atoms with Crippen molar-refractivity contribution in [3.8, 4) is 11.5 Å². The van der Waals surface area contributed by atoms with Gasteiger partial charge in [-0.15, -0.1) is 0 Å². The van der Waals surface area contributed by atoms with Gasteiger partial charge in [0.2, 0.25) is 5.91 Å². The van der Waals surface area contributed by atoms with Crippen molar-refractivity contribution >= 4 is 11.8 Å². The second kappa shape index (κ2) is 8.71. The van der Waals surface area contributed by atoms with Crippen LogP contribution in [0.25, 0.3) is 0 Å². The molecule has 1 heterocycles. The van der Waals surface area contributed by atoms with E-state index in [9.17, 15) is 9.59 Å². The van der Waals surface area contributed by atoms with Crippen LogP contribution in [0.15, 0.2) is 18.2 Å². The number of hydrogen-bond donors (Lipinski definition) is 2. The smallest absolute Gasteiger partial charge is 0.251 e. The van der Waals surface area contributed by atoms with Crippen LogP contribution in [0.3, 0.4) is 0 Å². The lowest BCUT2D eigenvalue weighted by atomic mass is 10.0. The predicted molar refractivity (Wildman–Crippen MR) is 94.3 cm³/mol. The molecule has 2 rings (SSSR count). The van der Waals surface area contributed by atoms with Gasteiger partial charge in [0.05, 0.1) is 40.9 Å². The van der Waals surface area contributed by atoms with Crippen molar-refractivity contribution in [3.63, 3.8) is 0 Å². The van der Waals surface area contributed by atoms with Crippen LogP contribution in [0.5, 0.6) is 11.5 Å². The summed E-state index contributed by atoms with van der Waals surface area (Å²) in [5, 5.41) is 2.68. The second-order valence-electron chi connectivity index (χ2n) is 6.45. The Hall–Kier alpha value is -2.28. The summed E-state index contributed by atoms with van der Waals surface area (Å²) in [5.41, 5.74) is 0.427. The number of carbonyl (C=O) groups excluding carboxylic acids is 2. The predicted octanol–water partition coefficient (Wildman–Crippen LogP) is -0.431. The summed E-state index contributed by atoms with van der Waals surface area (Å²) in [7, 11) is 7.04. The van der Waals surface area contributed by atoms with Crippen LogP contribution >= 0.6 is 0 Å². The van der Waals surface area contributed by atoms with E-state index in [1.807, 2.05) is 7.05 Å². The highest BCUT2D eigenvalue weighted by Gasteiger charge is 2.26. The Bertz CT molecular complexity index is 612. The largest absolute Gasteiger partial charge is 0.493 e. The average Bonchev–Trinajstić information content (AvgIpc) is 2.65. The summed E-state index contributed by atoms with van der Waals surface area (Å²) in [6.45, 7) is 2.13. The van der Waals surface area contributed by atoms with Crippen LogP contribution in [0.4, 0.5) is 0 Å². The number of carbonyl (C=O) groups is 2. The molecule has 7 nitrogen and oxygen atoms in total. The zero-order valence-electron chi connectivity index (χ0n) is 15.4. The highest BCUT2D eigenvalue weighted by molar-refractivity contribution is 5.97. The molecular weight excluding hydrogens is 322 g/mol. The van der Waals surface area contributed by atoms with E-state index in [1.54, 1.807) is 23.1 Å². The lowest BCUT2D eigenvalue weighted by Crippen LogP contribution is -3.10. The summed E-state index contributed by atoms with van der Waals surface area (Å²) in [6, 6.07) is 5.17. The summed E-state index contributed by atoms with van der Waals surface area (Å²) in [5.74, 6) is 0.653. The molecule has 0 aromatic heterocycles. The lowest BCUT2D eigenvalue weighted by Gasteiger charge is -2.33. The van der Waals surface area contributed by atoms with E-state index in [4.69, 9.17) is 9.47 Å². The number of amides is 2. The molecule has 0 unspecified atom stereocenters. The quantitative estimate of drug-likeness (QED) is 0.730. The normalized spacial score (nSPS) is 19.8. The zero-order valence-corrected chi connectivity index (χ0v) is 15.4. The van der Waals surface area contributed by atoms with Crippen LogP contribution in [-0.4, -0.2) is 70.7 Å². The molecule has 1 aromatic carbocycles. The third kappa shape index (κ3) is 4.85. The first kappa shape index (κ1) is 19.1. The van der Waals surface area contributed by atoms with Gasteiger partial charge in [0.15, 0.2) is 11.5 Å². The summed E-state index contributed by atoms with van der Waals surface area (Å²) in [6.07, 6.45) is 2.00. The second-order valence-corrected chi connectivity index (χ2v) is 6.45. The number of rotatable bonds is 6. The molecule has 1 fully saturated rings. The Morgan fingerprint density at radius 3 is 2.44 bits per heavy atom. The first-order valence-corrected chi connectivity index (χ1v) is 8.53. The van der Waals surface area contributed by atoms with Gasteiger partial charge in [-0.1, -0.05) is 0 Å². The van der Waals surface area contributed by atoms with Gasteiger partial charge >= 0.3 is 0 Å². The monoisotopic (exact) mass is 350 g/mol. The van der Waals surface area contributed by atoms with Crippen LogP contribution in [0, 0.1) is 0 Å². The maximum atomic E-state index is 12.3. The van der Waals surface area contributed by atoms with Crippen molar-refractivity contribution < 1.29 is 24.0 Å². The number of piperidine rings is 1. The van der Waals surface area contributed by atoms with Crippen LogP contribution in [0.2, 0.25) is 0 Å². The molecule has 1 aliphatic heterocycles. The fraction of sp³-hybridized carbons (Fsp3) is 0.556. The van der Waals surface area contributed by atoms with Gasteiger partial charge in [-0.25, -0.2) is 0 Å². The first-order chi connectivity index (χ1) is 12.0. The Morgan fingerprint density at radius 2 is 1.84 bits per heavy atom. The van der Waals surface area contributed by atoms with E-state index in [-0.39, 0.29) is 24.4 Å². The number of ether oxygens (including phenoxy) is 2. The van der Waals surface area contributed by atoms with Gasteiger partial charge in [-0.2, -0.15) is 0 Å². The minimum absolute atomic E-state index is 0.0110. The Balaban J connectivity index is 1.89. The molecule has 25 heavy (non-hydrogen) atoms. The van der Waals surface area contributed by atoms with Gasteiger partial charge in [-0.05, 0) is 18.2 Å². The number of quaternary nitrogens is 1. The summed E-state index contributed by atoms with van der Waals surface area (Å²) in [4.78, 5) is 27.9. The van der Waals surface area contributed by atoms with E-state index in [2.05, 4.69) is 12.4 Å². The molecule has 138 valence electrons. The third-order valence-electron chi connectivity index (χ3n) is 4.80. The van der Waals surface area contributed by atoms with Crippen LogP contribution in [-0.2, 0) is 4.79 Å². The van der Waals surface area contributed by atoms with Crippen molar-refractivity contribution in [1.82, 2.24) is 10.2 Å². The average molecular weight is 350 g/mol. The highest BCUT2D eigenvalue weighted by Crippen LogP contribution is 2.27. The highest BCUT2D eigenvalue weighted by atomic mass is 16.5. The van der Waals surface area contributed by atoms with Crippen molar-refractivity contribution in [2.24, 2.45) is 0 Å². The Labute approximate surface area is 148 Å². The fourth-order valence-corrected chi connectivity index (χ4v) is 3.05. The van der Waals surface area contributed by atoms with E-state index >= 15 is 0 Å². The fourth-order valence-electron chi connectivity index (χ4n) is 3.05. The topological polar surface area (TPSA) is 72.3 Å². The van der Waals surface area contributed by atoms with Crippen molar-refractivity contribution in [1.29, 1.82) is 0 Å². The number of hydrogen-bond acceptors (Lipinski definition) is 4. The lowest BCUT2D eigenvalue weighted by molar-refractivity contribution is -0.885. The summed E-state index contributed by atoms with van der Waals surface area (Å²) < 4.78 is 10.4. The molecule has 1 aromatic rings. The van der Waals surface area contributed by atoms with Gasteiger partial charge < -0.3 is 24.6 Å². The minimum atomic E-state index is -0.310. The van der Waals surface area contributed by atoms with Crippen molar-refractivity contribution in [3.05, 3.63) is 23.8 Å². The van der Waals surface area contributed by atoms with Gasteiger partial charge in [-0.3, -0.25) is 9.59 Å². The van der Waals surface area contributed by atoms with Gasteiger partial charge in [0.1, 0.15) is 0 Å². The number of likely N-dealkylation sites (N-methyl/N-ethyl adjacent to an activating group) is 1. The standard InChI is InChI=1S/C18H27N3O4/c1-20-9-7-14(8-10-20)21(2)17(22)12-19-18(23)13-5-6-15(24-3)16(11-13)25-4/h5-6,11,14H,7-10,12H2,1-4H3,(H,19,23)/p+1. The molecule has 0 atom stereocenters. The molecule has 0 saturated carbocycles. The number of likely N-dealkylation sites (tertiary alicyclic amines) is 1. The molecular formula is C18H28N3O4+. The van der Waals surface area contributed by atoms with E-state index in [0.29, 0.717) is 17.1 Å². The third-order valence-corrected chi connectivity index (χ3v) is 4.80. The van der Waals surface area contributed by atoms with Crippen molar-refractivity contribution in [2.45, 2.75) is 18.9 Å². The van der Waals surface area contributed by atoms with Gasteiger partial charge in [0, 0.05) is 31.5 Å². The number of methoxy groups -OCH3 is 2. The number of benzene rings is 1. The molecule has 7 heteroatoms. The maximum Gasteiger partial charge on any atom is 0.251 e. The van der Waals surface area contributed by atoms with Crippen LogP contribution in [0.1, 0.15) is 23.2 Å². The summed E-state index contributed by atoms with van der Waals surface area (Å²) >= 11 is 0. The number of nitrogens with zero attached hydrogens (tertiary/aromatic N) is 1. The molecule has 0 spiro atoms. The van der Waals surface area contributed by atoms with Crippen molar-refractivity contribution in [2.75, 3.05) is 47.9 Å². The molecule has 1 saturated heterocycles. The van der Waals surface area contributed by atoms with Crippen LogP contribution < -0.4 is 19.7 Å². The Kier molecular flexibility index (Phi) is 6.64. The Morgan fingerprint density at radius 1 is 1.20 bits per heavy atom. The van der Waals surface area contributed by atoms with Gasteiger partial charge in [0.25, 0.3) is 5.91 Å². The molecule has 2 amide bonds. The van der Waals surface area contributed by atoms with E-state index in [0.717, 1.165) is 25.9 Å². The molecule has 1 aliphatic rings. The zero-order chi connectivity index (χ0) is 18.4. The maximum absolute atomic E-state index is 12.3.